The molecule has 2 aromatic rings. The molecule has 4 rings (SSSR count). The lowest BCUT2D eigenvalue weighted by molar-refractivity contribution is 0.264. The second-order valence-corrected chi connectivity index (χ2v) is 5.69. The molecule has 0 fully saturated rings. The molecular weight excluding hydrogens is 260 g/mol. The summed E-state index contributed by atoms with van der Waals surface area (Å²) in [6, 6.07) is 17.6. The molecule has 108 valence electrons. The summed E-state index contributed by atoms with van der Waals surface area (Å²) in [5.74, 6) is 1.04. The fraction of sp³-hybridized carbons (Fsp3) is 0.333. The van der Waals surface area contributed by atoms with Crippen molar-refractivity contribution in [2.24, 2.45) is 0 Å². The lowest BCUT2D eigenvalue weighted by atomic mass is 9.97. The first kappa shape index (κ1) is 12.7. The Labute approximate surface area is 125 Å². The largest absolute Gasteiger partial charge is 0.493 e. The lowest BCUT2D eigenvalue weighted by Crippen LogP contribution is -2.35. The highest BCUT2D eigenvalue weighted by molar-refractivity contribution is 5.57. The summed E-state index contributed by atoms with van der Waals surface area (Å²) in [6.07, 6.45) is 1.05. The zero-order valence-electron chi connectivity index (χ0n) is 12.1. The van der Waals surface area contributed by atoms with Crippen LogP contribution in [-0.4, -0.2) is 19.7 Å². The first-order valence-electron chi connectivity index (χ1n) is 7.70. The van der Waals surface area contributed by atoms with E-state index < -0.39 is 0 Å². The van der Waals surface area contributed by atoms with E-state index in [1.807, 2.05) is 0 Å². The van der Waals surface area contributed by atoms with Gasteiger partial charge in [-0.25, -0.2) is 0 Å². The van der Waals surface area contributed by atoms with Crippen molar-refractivity contribution < 1.29 is 4.74 Å². The molecule has 2 aromatic carbocycles. The van der Waals surface area contributed by atoms with E-state index in [0.717, 1.165) is 38.4 Å². The molecule has 3 heteroatoms. The van der Waals surface area contributed by atoms with E-state index in [2.05, 4.69) is 58.7 Å². The Hall–Kier alpha value is -2.00. The molecule has 0 aromatic heterocycles. The number of anilines is 1. The van der Waals surface area contributed by atoms with Gasteiger partial charge >= 0.3 is 0 Å². The molecule has 0 radical (unpaired) electrons. The van der Waals surface area contributed by atoms with Crippen LogP contribution in [0.5, 0.6) is 5.75 Å². The average Bonchev–Trinajstić information content (AvgIpc) is 2.77. The van der Waals surface area contributed by atoms with Crippen LogP contribution in [0.4, 0.5) is 5.69 Å². The van der Waals surface area contributed by atoms with Gasteiger partial charge in [-0.2, -0.15) is 0 Å². The zero-order chi connectivity index (χ0) is 14.1. The number of nitrogens with zero attached hydrogens (tertiary/aromatic N) is 1. The van der Waals surface area contributed by atoms with Crippen LogP contribution in [-0.2, 0) is 6.54 Å². The standard InChI is InChI=1S/C18H20N2O/c1-3-7-16-14(5-1)13-19-10-11-20(16)17-9-12-21-18-8-4-2-6-15(17)18/h1-8,17,19H,9-13H2. The number of benzene rings is 2. The van der Waals surface area contributed by atoms with Gasteiger partial charge in [-0.15, -0.1) is 0 Å². The Morgan fingerprint density at radius 2 is 1.90 bits per heavy atom. The van der Waals surface area contributed by atoms with E-state index in [-0.39, 0.29) is 0 Å². The topological polar surface area (TPSA) is 24.5 Å². The molecule has 0 amide bonds. The van der Waals surface area contributed by atoms with Crippen LogP contribution in [0, 0.1) is 0 Å². The predicted octanol–water partition coefficient (Wildman–Crippen LogP) is 3.12. The third-order valence-corrected chi connectivity index (χ3v) is 4.45. The van der Waals surface area contributed by atoms with Gasteiger partial charge in [0.2, 0.25) is 0 Å². The molecule has 1 atom stereocenters. The number of ether oxygens (including phenoxy) is 1. The number of nitrogens with one attached hydrogen (secondary N) is 1. The maximum absolute atomic E-state index is 5.82. The van der Waals surface area contributed by atoms with E-state index >= 15 is 0 Å². The second-order valence-electron chi connectivity index (χ2n) is 5.69. The van der Waals surface area contributed by atoms with Crippen LogP contribution in [0.2, 0.25) is 0 Å². The van der Waals surface area contributed by atoms with Crippen molar-refractivity contribution in [3.63, 3.8) is 0 Å². The number of para-hydroxylation sites is 2. The van der Waals surface area contributed by atoms with Gasteiger partial charge in [0.15, 0.2) is 0 Å². The number of hydrogen-bond acceptors (Lipinski definition) is 3. The Kier molecular flexibility index (Phi) is 3.28. The fourth-order valence-corrected chi connectivity index (χ4v) is 3.45. The summed E-state index contributed by atoms with van der Waals surface area (Å²) < 4.78 is 5.82. The zero-order valence-corrected chi connectivity index (χ0v) is 12.1. The quantitative estimate of drug-likeness (QED) is 0.868. The molecular formula is C18H20N2O. The highest BCUT2D eigenvalue weighted by atomic mass is 16.5. The van der Waals surface area contributed by atoms with Gasteiger partial charge in [0.05, 0.1) is 12.6 Å². The summed E-state index contributed by atoms with van der Waals surface area (Å²) in [4.78, 5) is 2.55. The molecule has 0 bridgehead atoms. The first-order chi connectivity index (χ1) is 10.4. The monoisotopic (exact) mass is 280 g/mol. The van der Waals surface area contributed by atoms with Crippen LogP contribution < -0.4 is 15.0 Å². The molecule has 0 aliphatic carbocycles. The minimum Gasteiger partial charge on any atom is -0.493 e. The maximum atomic E-state index is 5.82. The first-order valence-corrected chi connectivity index (χ1v) is 7.70. The summed E-state index contributed by atoms with van der Waals surface area (Å²) >= 11 is 0. The summed E-state index contributed by atoms with van der Waals surface area (Å²) in [5, 5.41) is 3.52. The maximum Gasteiger partial charge on any atom is 0.124 e. The Morgan fingerprint density at radius 1 is 1.05 bits per heavy atom. The third-order valence-electron chi connectivity index (χ3n) is 4.45. The van der Waals surface area contributed by atoms with Crippen molar-refractivity contribution in [1.29, 1.82) is 0 Å². The van der Waals surface area contributed by atoms with Gasteiger partial charge in [-0.3, -0.25) is 0 Å². The minimum absolute atomic E-state index is 0.413. The van der Waals surface area contributed by atoms with E-state index in [9.17, 15) is 0 Å². The minimum atomic E-state index is 0.413. The molecule has 21 heavy (non-hydrogen) atoms. The highest BCUT2D eigenvalue weighted by Gasteiger charge is 2.28. The molecule has 0 spiro atoms. The molecule has 0 saturated heterocycles. The summed E-state index contributed by atoms with van der Waals surface area (Å²) in [7, 11) is 0. The van der Waals surface area contributed by atoms with Crippen molar-refractivity contribution in [1.82, 2.24) is 5.32 Å². The van der Waals surface area contributed by atoms with Gasteiger partial charge in [-0.1, -0.05) is 36.4 Å². The number of fused-ring (bicyclic) bond motifs is 2. The van der Waals surface area contributed by atoms with E-state index in [4.69, 9.17) is 4.74 Å². The van der Waals surface area contributed by atoms with Crippen molar-refractivity contribution in [3.8, 4) is 5.75 Å². The lowest BCUT2D eigenvalue weighted by Gasteiger charge is -2.37. The Bertz CT molecular complexity index is 641. The van der Waals surface area contributed by atoms with E-state index in [1.54, 1.807) is 0 Å². The van der Waals surface area contributed by atoms with Crippen LogP contribution in [0.1, 0.15) is 23.6 Å². The second kappa shape index (κ2) is 5.41. The SMILES string of the molecule is c1ccc2c(c1)CNCCN2C1CCOc2ccccc21. The molecule has 1 N–H and O–H groups in total. The average molecular weight is 280 g/mol. The Balaban J connectivity index is 1.77. The van der Waals surface area contributed by atoms with E-state index in [0.29, 0.717) is 6.04 Å². The van der Waals surface area contributed by atoms with Crippen molar-refractivity contribution in [3.05, 3.63) is 59.7 Å². The van der Waals surface area contributed by atoms with Crippen LogP contribution in [0.3, 0.4) is 0 Å². The van der Waals surface area contributed by atoms with Crippen molar-refractivity contribution in [2.75, 3.05) is 24.6 Å². The van der Waals surface area contributed by atoms with Gasteiger partial charge in [0.1, 0.15) is 5.75 Å². The van der Waals surface area contributed by atoms with Crippen molar-refractivity contribution >= 4 is 5.69 Å². The van der Waals surface area contributed by atoms with Gasteiger partial charge < -0.3 is 15.0 Å². The number of rotatable bonds is 1. The molecule has 1 unspecified atom stereocenters. The fourth-order valence-electron chi connectivity index (χ4n) is 3.45. The smallest absolute Gasteiger partial charge is 0.124 e. The van der Waals surface area contributed by atoms with Crippen LogP contribution >= 0.6 is 0 Å². The highest BCUT2D eigenvalue weighted by Crippen LogP contribution is 2.39. The molecule has 2 heterocycles. The van der Waals surface area contributed by atoms with E-state index in [1.165, 1.54) is 16.8 Å². The predicted molar refractivity (Wildman–Crippen MR) is 84.8 cm³/mol. The van der Waals surface area contributed by atoms with Gasteiger partial charge in [-0.05, 0) is 17.7 Å². The Morgan fingerprint density at radius 3 is 2.90 bits per heavy atom. The molecule has 2 aliphatic rings. The summed E-state index contributed by atoms with van der Waals surface area (Å²) in [6.45, 7) is 3.82. The summed E-state index contributed by atoms with van der Waals surface area (Å²) in [5.41, 5.74) is 4.07. The third kappa shape index (κ3) is 2.28. The molecule has 2 aliphatic heterocycles. The van der Waals surface area contributed by atoms with Crippen molar-refractivity contribution in [2.45, 2.75) is 19.0 Å². The normalized spacial score (nSPS) is 21.0. The molecule has 3 nitrogen and oxygen atoms in total. The van der Waals surface area contributed by atoms with Crippen LogP contribution in [0.25, 0.3) is 0 Å². The molecule has 0 saturated carbocycles. The van der Waals surface area contributed by atoms with Gasteiger partial charge in [0.25, 0.3) is 0 Å². The van der Waals surface area contributed by atoms with Gasteiger partial charge in [0, 0.05) is 37.3 Å². The van der Waals surface area contributed by atoms with Crippen LogP contribution in [0.15, 0.2) is 48.5 Å². The number of hydrogen-bond donors (Lipinski definition) is 1.